The van der Waals surface area contributed by atoms with Crippen LogP contribution in [0.1, 0.15) is 5.56 Å². The lowest BCUT2D eigenvalue weighted by Crippen LogP contribution is -2.51. The topological polar surface area (TPSA) is 101 Å². The summed E-state index contributed by atoms with van der Waals surface area (Å²) >= 11 is 0. The molecule has 7 heteroatoms. The Hall–Kier alpha value is -2.72. The van der Waals surface area contributed by atoms with Crippen LogP contribution in [0.3, 0.4) is 0 Å². The number of rotatable bonds is 4. The molecule has 1 aliphatic rings. The lowest BCUT2D eigenvalue weighted by molar-refractivity contribution is 0.412. The van der Waals surface area contributed by atoms with Crippen LogP contribution in [0, 0.1) is 11.3 Å². The number of methoxy groups -OCH3 is 1. The zero-order valence-electron chi connectivity index (χ0n) is 11.6. The minimum Gasteiger partial charge on any atom is -0.494 e. The highest BCUT2D eigenvalue weighted by atomic mass is 16.5. The molecule has 2 heterocycles. The number of nitrogens with one attached hydrogen (secondary N) is 2. The van der Waals surface area contributed by atoms with Gasteiger partial charge in [-0.15, -0.1) is 5.10 Å². The fourth-order valence-corrected chi connectivity index (χ4v) is 2.21. The minimum atomic E-state index is 0.275. The van der Waals surface area contributed by atoms with Gasteiger partial charge < -0.3 is 21.1 Å². The van der Waals surface area contributed by atoms with Gasteiger partial charge in [-0.25, -0.2) is 4.68 Å². The van der Waals surface area contributed by atoms with Crippen LogP contribution in [0.5, 0.6) is 5.75 Å². The Morgan fingerprint density at radius 1 is 1.48 bits per heavy atom. The van der Waals surface area contributed by atoms with E-state index in [4.69, 9.17) is 10.5 Å². The molecule has 0 spiro atoms. The smallest absolute Gasteiger partial charge is 0.169 e. The molecule has 1 saturated heterocycles. The first-order valence-electron chi connectivity index (χ1n) is 6.64. The van der Waals surface area contributed by atoms with Gasteiger partial charge in [-0.3, -0.25) is 0 Å². The van der Waals surface area contributed by atoms with Crippen molar-refractivity contribution in [2.75, 3.05) is 31.2 Å². The predicted molar refractivity (Wildman–Crippen MR) is 79.5 cm³/mol. The van der Waals surface area contributed by atoms with Gasteiger partial charge in [0.05, 0.1) is 13.2 Å². The number of benzene rings is 1. The molecule has 1 aromatic heterocycles. The van der Waals surface area contributed by atoms with E-state index in [-0.39, 0.29) is 6.04 Å². The number of nitrogen functional groups attached to an aromatic ring is 1. The Morgan fingerprint density at radius 2 is 2.24 bits per heavy atom. The van der Waals surface area contributed by atoms with Crippen LogP contribution in [-0.4, -0.2) is 36.0 Å². The van der Waals surface area contributed by atoms with Gasteiger partial charge >= 0.3 is 0 Å². The molecule has 1 aromatic carbocycles. The molecule has 0 radical (unpaired) electrons. The van der Waals surface area contributed by atoms with Gasteiger partial charge in [0.1, 0.15) is 28.9 Å². The number of aromatic nitrogens is 2. The van der Waals surface area contributed by atoms with Crippen molar-refractivity contribution in [3.8, 4) is 17.5 Å². The maximum absolute atomic E-state index is 9.32. The molecule has 0 atom stereocenters. The molecule has 2 aromatic rings. The van der Waals surface area contributed by atoms with Crippen molar-refractivity contribution in [1.82, 2.24) is 15.1 Å². The average Bonchev–Trinajstić information content (AvgIpc) is 2.78. The summed E-state index contributed by atoms with van der Waals surface area (Å²) in [6.45, 7) is 1.71. The van der Waals surface area contributed by atoms with Crippen molar-refractivity contribution >= 4 is 11.6 Å². The fourth-order valence-electron chi connectivity index (χ4n) is 2.21. The summed E-state index contributed by atoms with van der Waals surface area (Å²) in [4.78, 5) is 0. The molecule has 21 heavy (non-hydrogen) atoms. The number of hydrogen-bond donors (Lipinski definition) is 3. The number of ether oxygens (including phenoxy) is 1. The zero-order chi connectivity index (χ0) is 14.8. The fraction of sp³-hybridized carbons (Fsp3) is 0.286. The Labute approximate surface area is 122 Å². The van der Waals surface area contributed by atoms with Crippen LogP contribution in [0.15, 0.2) is 24.3 Å². The summed E-state index contributed by atoms with van der Waals surface area (Å²) in [5.74, 6) is 1.46. The molecule has 1 fully saturated rings. The average molecular weight is 284 g/mol. The molecule has 1 aliphatic heterocycles. The highest BCUT2D eigenvalue weighted by molar-refractivity contribution is 5.67. The molecule has 0 unspecified atom stereocenters. The third-order valence-corrected chi connectivity index (χ3v) is 3.47. The van der Waals surface area contributed by atoms with Crippen molar-refractivity contribution < 1.29 is 4.74 Å². The Kier molecular flexibility index (Phi) is 3.38. The van der Waals surface area contributed by atoms with Crippen LogP contribution < -0.4 is 21.1 Å². The van der Waals surface area contributed by atoms with E-state index in [2.05, 4.69) is 21.8 Å². The molecule has 108 valence electrons. The van der Waals surface area contributed by atoms with Gasteiger partial charge in [0.2, 0.25) is 0 Å². The molecular formula is C14H16N6O. The van der Waals surface area contributed by atoms with E-state index < -0.39 is 0 Å². The molecule has 0 saturated carbocycles. The molecule has 7 nitrogen and oxygen atoms in total. The van der Waals surface area contributed by atoms with Crippen molar-refractivity contribution in [1.29, 1.82) is 5.26 Å². The van der Waals surface area contributed by atoms with Gasteiger partial charge in [-0.2, -0.15) is 5.26 Å². The van der Waals surface area contributed by atoms with Gasteiger partial charge in [0, 0.05) is 13.1 Å². The molecule has 0 bridgehead atoms. The van der Waals surface area contributed by atoms with Crippen LogP contribution in [0.2, 0.25) is 0 Å². The standard InChI is InChI=1S/C14H16N6O/c1-21-12-5-3-2-4-11(12)20-13(16)10(6-15)14(19-20)18-9-7-17-8-9/h2-5,9,17H,7-8,16H2,1H3,(H,18,19). The lowest BCUT2D eigenvalue weighted by Gasteiger charge is -2.27. The van der Waals surface area contributed by atoms with E-state index >= 15 is 0 Å². The summed E-state index contributed by atoms with van der Waals surface area (Å²) in [6, 6.07) is 9.80. The minimum absolute atomic E-state index is 0.275. The third kappa shape index (κ3) is 2.26. The van der Waals surface area contributed by atoms with Gasteiger partial charge in [-0.1, -0.05) is 12.1 Å². The Morgan fingerprint density at radius 3 is 2.86 bits per heavy atom. The summed E-state index contributed by atoms with van der Waals surface area (Å²) in [7, 11) is 1.59. The number of nitrogens with two attached hydrogens (primary N) is 1. The second-order valence-corrected chi connectivity index (χ2v) is 4.80. The molecule has 3 rings (SSSR count). The number of nitriles is 1. The van der Waals surface area contributed by atoms with Gasteiger partial charge in [-0.05, 0) is 12.1 Å². The largest absolute Gasteiger partial charge is 0.494 e. The zero-order valence-corrected chi connectivity index (χ0v) is 11.6. The van der Waals surface area contributed by atoms with Gasteiger partial charge in [0.15, 0.2) is 5.82 Å². The molecule has 0 aliphatic carbocycles. The molecule has 4 N–H and O–H groups in total. The summed E-state index contributed by atoms with van der Waals surface area (Å²) in [5, 5.41) is 20.1. The third-order valence-electron chi connectivity index (χ3n) is 3.47. The SMILES string of the molecule is COc1ccccc1-n1nc(NC2CNC2)c(C#N)c1N. The number of hydrogen-bond acceptors (Lipinski definition) is 6. The van der Waals surface area contributed by atoms with Gasteiger partial charge in [0.25, 0.3) is 0 Å². The summed E-state index contributed by atoms with van der Waals surface area (Å²) in [6.07, 6.45) is 0. The van der Waals surface area contributed by atoms with Crippen LogP contribution in [0.25, 0.3) is 5.69 Å². The van der Waals surface area contributed by atoms with Crippen molar-refractivity contribution in [2.45, 2.75) is 6.04 Å². The highest BCUT2D eigenvalue weighted by Gasteiger charge is 2.23. The first kappa shape index (κ1) is 13.3. The van der Waals surface area contributed by atoms with Crippen molar-refractivity contribution in [2.24, 2.45) is 0 Å². The van der Waals surface area contributed by atoms with E-state index in [0.717, 1.165) is 13.1 Å². The second-order valence-electron chi connectivity index (χ2n) is 4.80. The Bertz CT molecular complexity index is 698. The van der Waals surface area contributed by atoms with E-state index in [1.165, 1.54) is 4.68 Å². The normalized spacial score (nSPS) is 14.3. The Balaban J connectivity index is 2.04. The first-order valence-corrected chi connectivity index (χ1v) is 6.64. The second kappa shape index (κ2) is 5.34. The van der Waals surface area contributed by atoms with E-state index in [1.54, 1.807) is 7.11 Å². The van der Waals surface area contributed by atoms with Crippen molar-refractivity contribution in [3.05, 3.63) is 29.8 Å². The van der Waals surface area contributed by atoms with Crippen molar-refractivity contribution in [3.63, 3.8) is 0 Å². The van der Waals surface area contributed by atoms with E-state index in [9.17, 15) is 5.26 Å². The monoisotopic (exact) mass is 284 g/mol. The maximum Gasteiger partial charge on any atom is 0.169 e. The first-order chi connectivity index (χ1) is 10.2. The quantitative estimate of drug-likeness (QED) is 0.764. The molecular weight excluding hydrogens is 268 g/mol. The van der Waals surface area contributed by atoms with E-state index in [1.807, 2.05) is 24.3 Å². The van der Waals surface area contributed by atoms with Crippen LogP contribution in [0.4, 0.5) is 11.6 Å². The summed E-state index contributed by atoms with van der Waals surface area (Å²) in [5.41, 5.74) is 7.13. The maximum atomic E-state index is 9.32. The van der Waals surface area contributed by atoms with E-state index in [0.29, 0.717) is 28.6 Å². The number of nitrogens with zero attached hydrogens (tertiary/aromatic N) is 3. The van der Waals surface area contributed by atoms with Crippen LogP contribution >= 0.6 is 0 Å². The highest BCUT2D eigenvalue weighted by Crippen LogP contribution is 2.29. The lowest BCUT2D eigenvalue weighted by atomic mass is 10.2. The summed E-state index contributed by atoms with van der Waals surface area (Å²) < 4.78 is 6.85. The number of para-hydroxylation sites is 2. The predicted octanol–water partition coefficient (Wildman–Crippen LogP) is 0.718. The number of anilines is 2. The molecule has 0 amide bonds. The van der Waals surface area contributed by atoms with Crippen LogP contribution in [-0.2, 0) is 0 Å².